The Kier molecular flexibility index (Phi) is 7.55. The molecule has 2 amide bonds. The zero-order valence-corrected chi connectivity index (χ0v) is 17.2. The lowest BCUT2D eigenvalue weighted by Crippen LogP contribution is -2.35. The summed E-state index contributed by atoms with van der Waals surface area (Å²) < 4.78 is 49.2. The van der Waals surface area contributed by atoms with Crippen molar-refractivity contribution in [3.63, 3.8) is 0 Å². The molecule has 2 aromatic rings. The molecule has 0 unspecified atom stereocenters. The Balaban J connectivity index is 2.03. The number of hydrogen-bond donors (Lipinski definition) is 1. The van der Waals surface area contributed by atoms with E-state index in [4.69, 9.17) is 21.1 Å². The molecular weight excluding hydrogens is 425 g/mol. The number of anilines is 1. The monoisotopic (exact) mass is 444 g/mol. The van der Waals surface area contributed by atoms with Crippen molar-refractivity contribution < 1.29 is 32.2 Å². The van der Waals surface area contributed by atoms with Crippen LogP contribution in [0.2, 0.25) is 5.02 Å². The molecule has 10 heteroatoms. The van der Waals surface area contributed by atoms with E-state index in [1.807, 2.05) is 0 Å². The number of carbonyl (C=O) groups is 2. The van der Waals surface area contributed by atoms with Gasteiger partial charge in [0.2, 0.25) is 11.8 Å². The summed E-state index contributed by atoms with van der Waals surface area (Å²) in [5, 5.41) is 1.86. The van der Waals surface area contributed by atoms with Gasteiger partial charge in [-0.05, 0) is 36.4 Å². The molecule has 0 aliphatic heterocycles. The van der Waals surface area contributed by atoms with Crippen LogP contribution in [0, 0.1) is 0 Å². The van der Waals surface area contributed by atoms with E-state index >= 15 is 0 Å². The minimum absolute atomic E-state index is 0.0523. The van der Waals surface area contributed by atoms with Gasteiger partial charge >= 0.3 is 6.18 Å². The Morgan fingerprint density at radius 3 is 2.40 bits per heavy atom. The van der Waals surface area contributed by atoms with Crippen LogP contribution in [0.3, 0.4) is 0 Å². The number of halogens is 4. The van der Waals surface area contributed by atoms with Crippen LogP contribution in [0.15, 0.2) is 36.4 Å². The van der Waals surface area contributed by atoms with E-state index in [2.05, 4.69) is 5.32 Å². The SMILES string of the molecule is COc1ccc(OC)c(CC(=O)N(C)CC(=O)Nc2ccc(Cl)c(C(F)(F)F)c2)c1. The molecule has 0 spiro atoms. The molecule has 1 N–H and O–H groups in total. The molecule has 0 bridgehead atoms. The van der Waals surface area contributed by atoms with E-state index in [0.717, 1.165) is 17.0 Å². The second kappa shape index (κ2) is 9.71. The first-order chi connectivity index (χ1) is 14.0. The summed E-state index contributed by atoms with van der Waals surface area (Å²) >= 11 is 5.56. The summed E-state index contributed by atoms with van der Waals surface area (Å²) in [7, 11) is 4.37. The summed E-state index contributed by atoms with van der Waals surface area (Å²) in [4.78, 5) is 25.8. The van der Waals surface area contributed by atoms with E-state index < -0.39 is 22.7 Å². The molecule has 0 heterocycles. The number of amides is 2. The van der Waals surface area contributed by atoms with Crippen molar-refractivity contribution >= 4 is 29.1 Å². The van der Waals surface area contributed by atoms with Gasteiger partial charge < -0.3 is 19.7 Å². The van der Waals surface area contributed by atoms with E-state index in [-0.39, 0.29) is 24.6 Å². The quantitative estimate of drug-likeness (QED) is 0.700. The fraction of sp³-hybridized carbons (Fsp3) is 0.300. The number of rotatable bonds is 7. The second-order valence-electron chi connectivity index (χ2n) is 6.34. The maximum absolute atomic E-state index is 12.9. The molecule has 2 rings (SSSR count). The van der Waals surface area contributed by atoms with Gasteiger partial charge in [-0.25, -0.2) is 0 Å². The average Bonchev–Trinajstić information content (AvgIpc) is 2.68. The van der Waals surface area contributed by atoms with Gasteiger partial charge in [-0.1, -0.05) is 11.6 Å². The third-order valence-electron chi connectivity index (χ3n) is 4.19. The minimum atomic E-state index is -4.65. The van der Waals surface area contributed by atoms with Crippen LogP contribution in [0.25, 0.3) is 0 Å². The van der Waals surface area contributed by atoms with Gasteiger partial charge in [-0.3, -0.25) is 9.59 Å². The molecule has 0 fully saturated rings. The Morgan fingerprint density at radius 2 is 1.80 bits per heavy atom. The zero-order valence-electron chi connectivity index (χ0n) is 16.5. The van der Waals surface area contributed by atoms with Gasteiger partial charge in [-0.15, -0.1) is 0 Å². The number of benzene rings is 2. The lowest BCUT2D eigenvalue weighted by molar-refractivity contribution is -0.137. The molecule has 30 heavy (non-hydrogen) atoms. The molecule has 0 aromatic heterocycles. The Hall–Kier alpha value is -2.94. The number of hydrogen-bond acceptors (Lipinski definition) is 4. The Morgan fingerprint density at radius 1 is 1.10 bits per heavy atom. The van der Waals surface area contributed by atoms with Crippen LogP contribution in [0.5, 0.6) is 11.5 Å². The van der Waals surface area contributed by atoms with Crippen molar-refractivity contribution in [3.05, 3.63) is 52.5 Å². The number of alkyl halides is 3. The summed E-state index contributed by atoms with van der Waals surface area (Å²) in [6.45, 7) is -0.352. The number of ether oxygens (including phenoxy) is 2. The highest BCUT2D eigenvalue weighted by molar-refractivity contribution is 6.31. The molecule has 0 atom stereocenters. The molecule has 2 aromatic carbocycles. The maximum Gasteiger partial charge on any atom is 0.417 e. The van der Waals surface area contributed by atoms with E-state index in [9.17, 15) is 22.8 Å². The van der Waals surface area contributed by atoms with Crippen molar-refractivity contribution in [2.24, 2.45) is 0 Å². The molecule has 0 saturated carbocycles. The summed E-state index contributed by atoms with van der Waals surface area (Å²) in [6, 6.07) is 8.03. The lowest BCUT2D eigenvalue weighted by atomic mass is 10.1. The van der Waals surface area contributed by atoms with Gasteiger partial charge in [0, 0.05) is 18.3 Å². The predicted octanol–water partition coefficient (Wildman–Crippen LogP) is 4.02. The van der Waals surface area contributed by atoms with Crippen molar-refractivity contribution in [3.8, 4) is 11.5 Å². The fourth-order valence-corrected chi connectivity index (χ4v) is 2.87. The summed E-state index contributed by atoms with van der Waals surface area (Å²) in [6.07, 6.45) is -4.70. The van der Waals surface area contributed by atoms with E-state index in [1.54, 1.807) is 18.2 Å². The Labute approximate surface area is 176 Å². The zero-order chi connectivity index (χ0) is 22.5. The molecule has 0 aliphatic rings. The van der Waals surface area contributed by atoms with E-state index in [1.165, 1.54) is 27.3 Å². The molecular formula is C20H20ClF3N2O4. The van der Waals surface area contributed by atoms with Crippen molar-refractivity contribution in [1.29, 1.82) is 0 Å². The van der Waals surface area contributed by atoms with Crippen molar-refractivity contribution in [2.75, 3.05) is 33.1 Å². The van der Waals surface area contributed by atoms with Gasteiger partial charge in [0.05, 0.1) is 37.8 Å². The van der Waals surface area contributed by atoms with Crippen LogP contribution >= 0.6 is 11.6 Å². The summed E-state index contributed by atoms with van der Waals surface area (Å²) in [5.74, 6) is -0.00672. The lowest BCUT2D eigenvalue weighted by Gasteiger charge is -2.18. The fourth-order valence-electron chi connectivity index (χ4n) is 2.64. The molecule has 162 valence electrons. The molecule has 0 saturated heterocycles. The number of carbonyl (C=O) groups excluding carboxylic acids is 2. The molecule has 0 radical (unpaired) electrons. The second-order valence-corrected chi connectivity index (χ2v) is 6.75. The van der Waals surface area contributed by atoms with Crippen LogP contribution in [-0.2, 0) is 22.2 Å². The smallest absolute Gasteiger partial charge is 0.417 e. The normalized spacial score (nSPS) is 11.0. The van der Waals surface area contributed by atoms with Crippen LogP contribution in [-0.4, -0.2) is 44.5 Å². The standard InChI is InChI=1S/C20H20ClF3N2O4/c1-26(19(28)9-12-8-14(29-2)5-7-17(12)30-3)11-18(27)25-13-4-6-16(21)15(10-13)20(22,23)24/h4-8,10H,9,11H2,1-3H3,(H,25,27). The van der Waals surface area contributed by atoms with Crippen LogP contribution in [0.4, 0.5) is 18.9 Å². The third-order valence-corrected chi connectivity index (χ3v) is 4.52. The Bertz CT molecular complexity index is 935. The first kappa shape index (κ1) is 23.3. The maximum atomic E-state index is 12.9. The number of likely N-dealkylation sites (N-methyl/N-ethyl adjacent to an activating group) is 1. The van der Waals surface area contributed by atoms with Gasteiger partial charge in [-0.2, -0.15) is 13.2 Å². The van der Waals surface area contributed by atoms with Gasteiger partial charge in [0.15, 0.2) is 0 Å². The highest BCUT2D eigenvalue weighted by Crippen LogP contribution is 2.36. The molecule has 6 nitrogen and oxygen atoms in total. The van der Waals surface area contributed by atoms with Gasteiger partial charge in [0.25, 0.3) is 0 Å². The largest absolute Gasteiger partial charge is 0.497 e. The predicted molar refractivity (Wildman–Crippen MR) is 106 cm³/mol. The first-order valence-corrected chi connectivity index (χ1v) is 9.04. The topological polar surface area (TPSA) is 67.9 Å². The highest BCUT2D eigenvalue weighted by Gasteiger charge is 2.33. The number of methoxy groups -OCH3 is 2. The minimum Gasteiger partial charge on any atom is -0.497 e. The number of nitrogens with one attached hydrogen (secondary N) is 1. The first-order valence-electron chi connectivity index (χ1n) is 8.66. The number of nitrogens with zero attached hydrogens (tertiary/aromatic N) is 1. The summed E-state index contributed by atoms with van der Waals surface area (Å²) in [5.41, 5.74) is -0.565. The van der Waals surface area contributed by atoms with Gasteiger partial charge in [0.1, 0.15) is 11.5 Å². The van der Waals surface area contributed by atoms with E-state index in [0.29, 0.717) is 17.1 Å². The van der Waals surface area contributed by atoms with Crippen LogP contribution < -0.4 is 14.8 Å². The van der Waals surface area contributed by atoms with Crippen molar-refractivity contribution in [2.45, 2.75) is 12.6 Å². The van der Waals surface area contributed by atoms with Crippen LogP contribution in [0.1, 0.15) is 11.1 Å². The highest BCUT2D eigenvalue weighted by atomic mass is 35.5. The van der Waals surface area contributed by atoms with Crippen molar-refractivity contribution in [1.82, 2.24) is 4.90 Å². The molecule has 0 aliphatic carbocycles. The third kappa shape index (κ3) is 6.03. The average molecular weight is 445 g/mol.